The molecule has 1 fully saturated rings. The highest BCUT2D eigenvalue weighted by atomic mass is 35.5. The number of aromatic nitrogens is 3. The maximum atomic E-state index is 12.7. The van der Waals surface area contributed by atoms with Crippen LogP contribution in [0.1, 0.15) is 19.8 Å². The van der Waals surface area contributed by atoms with Crippen molar-refractivity contribution in [3.8, 4) is 5.69 Å². The highest BCUT2D eigenvalue weighted by Crippen LogP contribution is 2.28. The number of nitrogens with zero attached hydrogens (tertiary/aromatic N) is 5. The Morgan fingerprint density at radius 2 is 2.00 bits per heavy atom. The van der Waals surface area contributed by atoms with Gasteiger partial charge in [-0.25, -0.2) is 0 Å². The number of carbonyl (C=O) groups excluding carboxylic acids is 1. The predicted molar refractivity (Wildman–Crippen MR) is 95.8 cm³/mol. The number of benzene rings is 1. The second kappa shape index (κ2) is 7.78. The summed E-state index contributed by atoms with van der Waals surface area (Å²) >= 11 is 5.84. The molecule has 11 heteroatoms. The van der Waals surface area contributed by atoms with Crippen LogP contribution in [0.15, 0.2) is 24.3 Å². The molecular formula is C16H18ClN5O5. The second-order valence-corrected chi connectivity index (χ2v) is 6.49. The van der Waals surface area contributed by atoms with Crippen molar-refractivity contribution >= 4 is 29.2 Å². The molecule has 1 aliphatic rings. The average Bonchev–Trinajstić information content (AvgIpc) is 3.00. The third-order valence-electron chi connectivity index (χ3n) is 4.39. The van der Waals surface area contributed by atoms with Gasteiger partial charge in [-0.3, -0.25) is 9.69 Å². The zero-order chi connectivity index (χ0) is 19.6. The molecule has 2 heterocycles. The lowest BCUT2D eigenvalue weighted by Gasteiger charge is -2.28. The van der Waals surface area contributed by atoms with Crippen LogP contribution < -0.4 is 9.75 Å². The van der Waals surface area contributed by atoms with Gasteiger partial charge in [-0.1, -0.05) is 16.4 Å². The Morgan fingerprint density at radius 3 is 2.56 bits per heavy atom. The van der Waals surface area contributed by atoms with E-state index in [1.165, 1.54) is 0 Å². The number of halogens is 1. The van der Waals surface area contributed by atoms with Gasteiger partial charge in [-0.15, -0.1) is 0 Å². The Balaban J connectivity index is 1.88. The maximum Gasteiger partial charge on any atom is 0.428 e. The zero-order valence-electron chi connectivity index (χ0n) is 14.6. The normalized spacial score (nSPS) is 15.0. The van der Waals surface area contributed by atoms with Crippen LogP contribution in [0.4, 0.5) is 11.6 Å². The summed E-state index contributed by atoms with van der Waals surface area (Å²) in [5.74, 6) is -1.23. The van der Waals surface area contributed by atoms with Gasteiger partial charge in [0.15, 0.2) is 0 Å². The molecular weight excluding hydrogens is 378 g/mol. The van der Waals surface area contributed by atoms with Gasteiger partial charge in [0.1, 0.15) is 5.69 Å². The van der Waals surface area contributed by atoms with Crippen LogP contribution in [-0.2, 0) is 9.53 Å². The molecule has 0 spiro atoms. The SMILES string of the molecule is CCOC(=O)C1CCN(c2c([N+](=O)[O-])nn(-c3ccc(Cl)cc3)[n+]2[O-])CC1. The first-order chi connectivity index (χ1) is 12.9. The Kier molecular flexibility index (Phi) is 5.45. The molecule has 144 valence electrons. The largest absolute Gasteiger partial charge is 0.723 e. The smallest absolute Gasteiger partial charge is 0.428 e. The predicted octanol–water partition coefficient (Wildman–Crippen LogP) is 1.85. The molecule has 0 bridgehead atoms. The van der Waals surface area contributed by atoms with Crippen molar-refractivity contribution in [2.75, 3.05) is 24.6 Å². The summed E-state index contributed by atoms with van der Waals surface area (Å²) in [5, 5.41) is 28.5. The molecule has 1 aliphatic heterocycles. The average molecular weight is 396 g/mol. The molecule has 0 saturated carbocycles. The van der Waals surface area contributed by atoms with Gasteiger partial charge in [0.2, 0.25) is 0 Å². The number of anilines is 1. The number of piperidine rings is 1. The molecule has 0 atom stereocenters. The second-order valence-electron chi connectivity index (χ2n) is 6.06. The van der Waals surface area contributed by atoms with E-state index in [0.717, 1.165) is 4.80 Å². The standard InChI is InChI=1S/C16H18ClN5O5/c1-2-27-16(23)11-7-9-19(10-8-11)15-14(22(25)26)18-20(21(15)24)13-5-3-12(17)4-6-13/h3-6,11H,2,7-10H2,1H3. The third-order valence-corrected chi connectivity index (χ3v) is 4.64. The van der Waals surface area contributed by atoms with Gasteiger partial charge in [-0.05, 0) is 49.0 Å². The molecule has 1 aromatic carbocycles. The summed E-state index contributed by atoms with van der Waals surface area (Å²) < 4.78 is 5.02. The van der Waals surface area contributed by atoms with Crippen LogP contribution in [0.3, 0.4) is 0 Å². The first-order valence-corrected chi connectivity index (χ1v) is 8.85. The highest BCUT2D eigenvalue weighted by Gasteiger charge is 2.36. The van der Waals surface area contributed by atoms with Crippen molar-refractivity contribution < 1.29 is 19.3 Å². The van der Waals surface area contributed by atoms with Gasteiger partial charge < -0.3 is 20.1 Å². The Hall–Kier alpha value is -2.88. The van der Waals surface area contributed by atoms with Crippen LogP contribution in [0, 0.1) is 21.2 Å². The van der Waals surface area contributed by atoms with E-state index >= 15 is 0 Å². The van der Waals surface area contributed by atoms with E-state index in [2.05, 4.69) is 5.10 Å². The van der Waals surface area contributed by atoms with Crippen molar-refractivity contribution in [1.29, 1.82) is 0 Å². The lowest BCUT2D eigenvalue weighted by molar-refractivity contribution is -0.677. The number of esters is 1. The summed E-state index contributed by atoms with van der Waals surface area (Å²) in [5.41, 5.74) is 0.352. The Bertz CT molecular complexity index is 846. The molecule has 0 radical (unpaired) electrons. The fraction of sp³-hybridized carbons (Fsp3) is 0.438. The topological polar surface area (TPSA) is 117 Å². The zero-order valence-corrected chi connectivity index (χ0v) is 15.3. The Labute approximate surface area is 159 Å². The van der Waals surface area contributed by atoms with Crippen molar-refractivity contribution in [1.82, 2.24) is 9.90 Å². The fourth-order valence-electron chi connectivity index (χ4n) is 3.06. The van der Waals surface area contributed by atoms with Gasteiger partial charge in [-0.2, -0.15) is 4.85 Å². The van der Waals surface area contributed by atoms with E-state index in [1.807, 2.05) is 0 Å². The molecule has 1 saturated heterocycles. The van der Waals surface area contributed by atoms with Gasteiger partial charge in [0.05, 0.1) is 25.6 Å². The van der Waals surface area contributed by atoms with E-state index < -0.39 is 10.7 Å². The third kappa shape index (κ3) is 3.80. The fourth-order valence-corrected chi connectivity index (χ4v) is 3.18. The van der Waals surface area contributed by atoms with Crippen molar-refractivity contribution in [3.05, 3.63) is 44.6 Å². The van der Waals surface area contributed by atoms with Crippen LogP contribution >= 0.6 is 11.6 Å². The molecule has 0 unspecified atom stereocenters. The first-order valence-electron chi connectivity index (χ1n) is 8.47. The number of ether oxygens (including phenoxy) is 1. The minimum atomic E-state index is -0.687. The molecule has 0 N–H and O–H groups in total. The minimum Gasteiger partial charge on any atom is -0.723 e. The van der Waals surface area contributed by atoms with Gasteiger partial charge >= 0.3 is 17.6 Å². The number of carbonyl (C=O) groups is 1. The van der Waals surface area contributed by atoms with E-state index in [-0.39, 0.29) is 17.7 Å². The highest BCUT2D eigenvalue weighted by molar-refractivity contribution is 6.30. The van der Waals surface area contributed by atoms with Crippen molar-refractivity contribution in [3.63, 3.8) is 0 Å². The number of hydrogen-bond donors (Lipinski definition) is 0. The first kappa shape index (κ1) is 18.9. The van der Waals surface area contributed by atoms with E-state index in [0.29, 0.717) is 48.1 Å². The lowest BCUT2D eigenvalue weighted by atomic mass is 9.97. The number of rotatable bonds is 5. The van der Waals surface area contributed by atoms with Gasteiger partial charge in [0.25, 0.3) is 0 Å². The lowest BCUT2D eigenvalue weighted by Crippen LogP contribution is -2.46. The summed E-state index contributed by atoms with van der Waals surface area (Å²) in [7, 11) is 0. The molecule has 2 aromatic rings. The van der Waals surface area contributed by atoms with Crippen molar-refractivity contribution in [2.45, 2.75) is 19.8 Å². The van der Waals surface area contributed by atoms with Crippen LogP contribution in [0.2, 0.25) is 5.02 Å². The van der Waals surface area contributed by atoms with E-state index in [1.54, 1.807) is 36.1 Å². The Morgan fingerprint density at radius 1 is 1.37 bits per heavy atom. The summed E-state index contributed by atoms with van der Waals surface area (Å²) in [4.78, 5) is 25.5. The minimum absolute atomic E-state index is 0.141. The monoisotopic (exact) mass is 395 g/mol. The molecule has 1 aromatic heterocycles. The van der Waals surface area contributed by atoms with Crippen LogP contribution in [-0.4, -0.2) is 40.5 Å². The number of hydrogen-bond acceptors (Lipinski definition) is 7. The summed E-state index contributed by atoms with van der Waals surface area (Å²) in [6, 6.07) is 6.22. The van der Waals surface area contributed by atoms with E-state index in [4.69, 9.17) is 16.3 Å². The summed E-state index contributed by atoms with van der Waals surface area (Å²) in [6.45, 7) is 2.68. The van der Waals surface area contributed by atoms with Crippen LogP contribution in [0.25, 0.3) is 5.69 Å². The molecule has 0 aliphatic carbocycles. The van der Waals surface area contributed by atoms with Crippen molar-refractivity contribution in [2.24, 2.45) is 5.92 Å². The molecule has 27 heavy (non-hydrogen) atoms. The maximum absolute atomic E-state index is 12.7. The quantitative estimate of drug-likeness (QED) is 0.249. The molecule has 0 amide bonds. The van der Waals surface area contributed by atoms with Gasteiger partial charge in [0, 0.05) is 10.1 Å². The number of nitro groups is 1. The molecule has 3 rings (SSSR count). The van der Waals surface area contributed by atoms with Crippen LogP contribution in [0.5, 0.6) is 0 Å². The van der Waals surface area contributed by atoms with E-state index in [9.17, 15) is 20.1 Å². The summed E-state index contributed by atoms with van der Waals surface area (Å²) in [6.07, 6.45) is 0.893. The molecule has 10 nitrogen and oxygen atoms in total.